The number of carbonyl (C=O) groups excluding carboxylic acids is 1. The van der Waals surface area contributed by atoms with E-state index in [2.05, 4.69) is 52.1 Å². The van der Waals surface area contributed by atoms with Crippen molar-refractivity contribution in [3.63, 3.8) is 0 Å². The van der Waals surface area contributed by atoms with Crippen molar-refractivity contribution in [2.75, 3.05) is 5.75 Å². The first kappa shape index (κ1) is 20.7. The van der Waals surface area contributed by atoms with Crippen molar-refractivity contribution in [2.24, 2.45) is 0 Å². The zero-order valence-electron chi connectivity index (χ0n) is 17.6. The molecule has 1 aromatic heterocycles. The summed E-state index contributed by atoms with van der Waals surface area (Å²) in [7, 11) is 0. The highest BCUT2D eigenvalue weighted by Gasteiger charge is 2.17. The van der Waals surface area contributed by atoms with E-state index in [1.807, 2.05) is 30.3 Å². The average Bonchev–Trinajstić information content (AvgIpc) is 3.21. The van der Waals surface area contributed by atoms with Gasteiger partial charge in [-0.3, -0.25) is 4.79 Å². The number of amides is 1. The fourth-order valence-corrected chi connectivity index (χ4v) is 4.81. The normalized spacial score (nSPS) is 14.2. The van der Waals surface area contributed by atoms with E-state index in [1.54, 1.807) is 0 Å². The van der Waals surface area contributed by atoms with Crippen LogP contribution in [0.5, 0.6) is 0 Å². The zero-order valence-corrected chi connectivity index (χ0v) is 18.4. The van der Waals surface area contributed by atoms with Crippen molar-refractivity contribution in [3.05, 3.63) is 65.2 Å². The molecule has 0 aliphatic heterocycles. The molecule has 0 bridgehead atoms. The molecule has 0 saturated carbocycles. The number of benzene rings is 2. The van der Waals surface area contributed by atoms with E-state index in [4.69, 9.17) is 0 Å². The second-order valence-electron chi connectivity index (χ2n) is 7.73. The first-order valence-corrected chi connectivity index (χ1v) is 11.7. The van der Waals surface area contributed by atoms with E-state index in [-0.39, 0.29) is 11.9 Å². The van der Waals surface area contributed by atoms with Crippen molar-refractivity contribution in [3.8, 4) is 11.4 Å². The van der Waals surface area contributed by atoms with Crippen molar-refractivity contribution < 1.29 is 4.79 Å². The van der Waals surface area contributed by atoms with E-state index in [9.17, 15) is 4.79 Å². The molecule has 156 valence electrons. The topological polar surface area (TPSA) is 59.8 Å². The fraction of sp³-hybridized carbons (Fsp3) is 0.375. The van der Waals surface area contributed by atoms with Crippen LogP contribution in [0.1, 0.15) is 49.4 Å². The molecule has 3 aromatic rings. The van der Waals surface area contributed by atoms with E-state index >= 15 is 0 Å². The van der Waals surface area contributed by atoms with Crippen LogP contribution in [0, 0.1) is 0 Å². The lowest BCUT2D eigenvalue weighted by atomic mass is 9.89. The van der Waals surface area contributed by atoms with Gasteiger partial charge in [-0.05, 0) is 56.2 Å². The average molecular weight is 421 g/mol. The Morgan fingerprint density at radius 1 is 1.10 bits per heavy atom. The number of fused-ring (bicyclic) bond motifs is 1. The molecule has 6 heteroatoms. The smallest absolute Gasteiger partial charge is 0.230 e. The summed E-state index contributed by atoms with van der Waals surface area (Å²) in [5.41, 5.74) is 5.12. The molecule has 0 radical (unpaired) electrons. The molecule has 1 N–H and O–H groups in total. The standard InChI is InChI=1S/C24H28N4OS/c1-3-28-23(19-10-5-4-6-11-19)26-27-24(28)30-16-22(29)25-17(2)20-14-13-18-9-7-8-12-21(18)15-20/h4-6,10-11,13-15,17H,3,7-9,12,16H2,1-2H3,(H,25,29). The highest BCUT2D eigenvalue weighted by Crippen LogP contribution is 2.26. The van der Waals surface area contributed by atoms with Crippen LogP contribution in [0.25, 0.3) is 11.4 Å². The molecular formula is C24H28N4OS. The lowest BCUT2D eigenvalue weighted by molar-refractivity contribution is -0.119. The molecule has 1 unspecified atom stereocenters. The summed E-state index contributed by atoms with van der Waals surface area (Å²) in [6.45, 7) is 4.87. The molecule has 1 aliphatic carbocycles. The first-order chi connectivity index (χ1) is 14.7. The molecule has 1 heterocycles. The second kappa shape index (κ2) is 9.47. The van der Waals surface area contributed by atoms with Gasteiger partial charge < -0.3 is 9.88 Å². The second-order valence-corrected chi connectivity index (χ2v) is 8.67. The summed E-state index contributed by atoms with van der Waals surface area (Å²) in [6, 6.07) is 16.7. The Morgan fingerprint density at radius 3 is 2.63 bits per heavy atom. The van der Waals surface area contributed by atoms with Crippen LogP contribution in [0.4, 0.5) is 0 Å². The van der Waals surface area contributed by atoms with Gasteiger partial charge in [0.25, 0.3) is 0 Å². The molecule has 1 atom stereocenters. The Bertz CT molecular complexity index is 1020. The van der Waals surface area contributed by atoms with Crippen molar-refractivity contribution in [1.29, 1.82) is 0 Å². The predicted octanol–water partition coefficient (Wildman–Crippen LogP) is 4.81. The van der Waals surface area contributed by atoms with Crippen LogP contribution in [0.3, 0.4) is 0 Å². The van der Waals surface area contributed by atoms with Gasteiger partial charge in [-0.15, -0.1) is 10.2 Å². The predicted molar refractivity (Wildman–Crippen MR) is 121 cm³/mol. The summed E-state index contributed by atoms with van der Waals surface area (Å²) >= 11 is 1.43. The van der Waals surface area contributed by atoms with E-state index in [0.29, 0.717) is 5.75 Å². The monoisotopic (exact) mass is 420 g/mol. The summed E-state index contributed by atoms with van der Waals surface area (Å²) in [5.74, 6) is 1.17. The minimum Gasteiger partial charge on any atom is -0.349 e. The lowest BCUT2D eigenvalue weighted by Crippen LogP contribution is -2.28. The number of thioether (sulfide) groups is 1. The summed E-state index contributed by atoms with van der Waals surface area (Å²) in [4.78, 5) is 12.6. The van der Waals surface area contributed by atoms with Gasteiger partial charge in [0.1, 0.15) is 0 Å². The Labute approximate surface area is 182 Å². The largest absolute Gasteiger partial charge is 0.349 e. The minimum atomic E-state index is -0.00532. The number of nitrogens with zero attached hydrogens (tertiary/aromatic N) is 3. The molecule has 0 saturated heterocycles. The Hall–Kier alpha value is -2.60. The fourth-order valence-electron chi connectivity index (χ4n) is 4.00. The van der Waals surface area contributed by atoms with Crippen LogP contribution in [0.2, 0.25) is 0 Å². The molecule has 5 nitrogen and oxygen atoms in total. The number of carbonyl (C=O) groups is 1. The lowest BCUT2D eigenvalue weighted by Gasteiger charge is -2.20. The van der Waals surface area contributed by atoms with Gasteiger partial charge >= 0.3 is 0 Å². The highest BCUT2D eigenvalue weighted by atomic mass is 32.2. The molecule has 0 fully saturated rings. The minimum absolute atomic E-state index is 0.00532. The number of hydrogen-bond acceptors (Lipinski definition) is 4. The maximum Gasteiger partial charge on any atom is 0.230 e. The maximum absolute atomic E-state index is 12.6. The number of nitrogens with one attached hydrogen (secondary N) is 1. The molecular weight excluding hydrogens is 392 g/mol. The number of aromatic nitrogens is 3. The zero-order chi connectivity index (χ0) is 20.9. The van der Waals surface area contributed by atoms with Crippen molar-refractivity contribution in [1.82, 2.24) is 20.1 Å². The third kappa shape index (κ3) is 4.59. The summed E-state index contributed by atoms with van der Waals surface area (Å²) < 4.78 is 2.06. The maximum atomic E-state index is 12.6. The SMILES string of the molecule is CCn1c(SCC(=O)NC(C)c2ccc3c(c2)CCCC3)nnc1-c1ccccc1. The first-order valence-electron chi connectivity index (χ1n) is 10.7. The summed E-state index contributed by atoms with van der Waals surface area (Å²) in [6.07, 6.45) is 4.87. The third-order valence-electron chi connectivity index (χ3n) is 5.65. The van der Waals surface area contributed by atoms with E-state index in [1.165, 1.54) is 47.7 Å². The molecule has 2 aromatic carbocycles. The van der Waals surface area contributed by atoms with Crippen LogP contribution >= 0.6 is 11.8 Å². The number of aryl methyl sites for hydroxylation is 2. The van der Waals surface area contributed by atoms with Gasteiger partial charge in [-0.1, -0.05) is 60.3 Å². The quantitative estimate of drug-likeness (QED) is 0.557. The van der Waals surface area contributed by atoms with Gasteiger partial charge in [0.2, 0.25) is 5.91 Å². The molecule has 4 rings (SSSR count). The van der Waals surface area contributed by atoms with Crippen LogP contribution < -0.4 is 5.32 Å². The molecule has 1 amide bonds. The van der Waals surface area contributed by atoms with Gasteiger partial charge in [-0.25, -0.2) is 0 Å². The summed E-state index contributed by atoms with van der Waals surface area (Å²) in [5, 5.41) is 12.6. The van der Waals surface area contributed by atoms with Gasteiger partial charge in [-0.2, -0.15) is 0 Å². The molecule has 0 spiro atoms. The van der Waals surface area contributed by atoms with Crippen LogP contribution in [0.15, 0.2) is 53.7 Å². The number of rotatable bonds is 7. The Kier molecular flexibility index (Phi) is 6.53. The third-order valence-corrected chi connectivity index (χ3v) is 6.61. The number of hydrogen-bond donors (Lipinski definition) is 1. The Balaban J connectivity index is 1.37. The Morgan fingerprint density at radius 2 is 1.87 bits per heavy atom. The molecule has 30 heavy (non-hydrogen) atoms. The molecule has 1 aliphatic rings. The van der Waals surface area contributed by atoms with Gasteiger partial charge in [0, 0.05) is 12.1 Å². The van der Waals surface area contributed by atoms with E-state index in [0.717, 1.165) is 29.5 Å². The van der Waals surface area contributed by atoms with Crippen LogP contribution in [-0.2, 0) is 24.2 Å². The van der Waals surface area contributed by atoms with Crippen molar-refractivity contribution in [2.45, 2.75) is 57.3 Å². The van der Waals surface area contributed by atoms with Crippen molar-refractivity contribution >= 4 is 17.7 Å². The van der Waals surface area contributed by atoms with Gasteiger partial charge in [0.05, 0.1) is 11.8 Å². The highest BCUT2D eigenvalue weighted by molar-refractivity contribution is 7.99. The van der Waals surface area contributed by atoms with Gasteiger partial charge in [0.15, 0.2) is 11.0 Å². The van der Waals surface area contributed by atoms with E-state index < -0.39 is 0 Å². The van der Waals surface area contributed by atoms with Crippen LogP contribution in [-0.4, -0.2) is 26.4 Å².